The predicted molar refractivity (Wildman–Crippen MR) is 84.8 cm³/mol. The standard InChI is InChI=1S/C16H11ClN4/c17-16-20-13-5-2-8-18-14(13)15(21-16)19-12-7-6-10-3-1-4-11(10)9-12/h1-2,4-9H,3H2,(H,19,20,21). The topological polar surface area (TPSA) is 50.7 Å². The normalized spacial score (nSPS) is 12.6. The summed E-state index contributed by atoms with van der Waals surface area (Å²) in [6.45, 7) is 0. The van der Waals surface area contributed by atoms with E-state index in [2.05, 4.69) is 44.6 Å². The van der Waals surface area contributed by atoms with Crippen molar-refractivity contribution in [3.8, 4) is 0 Å². The Morgan fingerprint density at radius 1 is 1.14 bits per heavy atom. The summed E-state index contributed by atoms with van der Waals surface area (Å²) in [5.41, 5.74) is 4.96. The minimum absolute atomic E-state index is 0.207. The lowest BCUT2D eigenvalue weighted by atomic mass is 10.1. The molecule has 1 aromatic carbocycles. The van der Waals surface area contributed by atoms with E-state index in [0.29, 0.717) is 11.3 Å². The Labute approximate surface area is 126 Å². The second kappa shape index (κ2) is 4.82. The zero-order valence-corrected chi connectivity index (χ0v) is 11.8. The largest absolute Gasteiger partial charge is 0.338 e. The molecule has 0 aliphatic heterocycles. The minimum atomic E-state index is 0.207. The fraction of sp³-hybridized carbons (Fsp3) is 0.0625. The van der Waals surface area contributed by atoms with Gasteiger partial charge in [0.25, 0.3) is 0 Å². The van der Waals surface area contributed by atoms with Crippen molar-refractivity contribution in [2.75, 3.05) is 5.32 Å². The fourth-order valence-electron chi connectivity index (χ4n) is 2.49. The van der Waals surface area contributed by atoms with Crippen LogP contribution in [0, 0.1) is 0 Å². The molecule has 0 bridgehead atoms. The van der Waals surface area contributed by atoms with E-state index >= 15 is 0 Å². The second-order valence-corrected chi connectivity index (χ2v) is 5.20. The van der Waals surface area contributed by atoms with Gasteiger partial charge < -0.3 is 5.32 Å². The highest BCUT2D eigenvalue weighted by Gasteiger charge is 2.10. The zero-order chi connectivity index (χ0) is 14.2. The molecule has 4 rings (SSSR count). The molecule has 0 radical (unpaired) electrons. The van der Waals surface area contributed by atoms with Gasteiger partial charge in [-0.1, -0.05) is 18.2 Å². The molecule has 0 saturated carbocycles. The van der Waals surface area contributed by atoms with Gasteiger partial charge in [0, 0.05) is 11.9 Å². The molecule has 0 amide bonds. The summed E-state index contributed by atoms with van der Waals surface area (Å²) in [5.74, 6) is 0.618. The van der Waals surface area contributed by atoms with Gasteiger partial charge in [0.05, 0.1) is 5.52 Å². The number of hydrogen-bond acceptors (Lipinski definition) is 4. The van der Waals surface area contributed by atoms with Gasteiger partial charge in [-0.3, -0.25) is 4.98 Å². The maximum atomic E-state index is 5.98. The highest BCUT2D eigenvalue weighted by atomic mass is 35.5. The third kappa shape index (κ3) is 2.23. The van der Waals surface area contributed by atoms with Gasteiger partial charge in [0.2, 0.25) is 5.28 Å². The van der Waals surface area contributed by atoms with Crippen LogP contribution in [0.2, 0.25) is 5.28 Å². The number of fused-ring (bicyclic) bond motifs is 2. The van der Waals surface area contributed by atoms with Gasteiger partial charge in [-0.25, -0.2) is 4.98 Å². The number of anilines is 2. The molecule has 102 valence electrons. The van der Waals surface area contributed by atoms with E-state index in [1.165, 1.54) is 11.1 Å². The molecule has 2 heterocycles. The summed E-state index contributed by atoms with van der Waals surface area (Å²) in [7, 11) is 0. The number of allylic oxidation sites excluding steroid dienone is 1. The molecule has 1 aliphatic carbocycles. The molecule has 21 heavy (non-hydrogen) atoms. The number of nitrogens with zero attached hydrogens (tertiary/aromatic N) is 3. The zero-order valence-electron chi connectivity index (χ0n) is 11.0. The average Bonchev–Trinajstić information content (AvgIpc) is 2.94. The highest BCUT2D eigenvalue weighted by molar-refractivity contribution is 6.28. The third-order valence-electron chi connectivity index (χ3n) is 3.47. The van der Waals surface area contributed by atoms with Crippen molar-refractivity contribution in [2.45, 2.75) is 6.42 Å². The summed E-state index contributed by atoms with van der Waals surface area (Å²) in [6, 6.07) is 9.96. The van der Waals surface area contributed by atoms with Gasteiger partial charge in [-0.15, -0.1) is 0 Å². The molecule has 2 aromatic heterocycles. The fourth-order valence-corrected chi connectivity index (χ4v) is 2.67. The van der Waals surface area contributed by atoms with Crippen molar-refractivity contribution in [1.82, 2.24) is 15.0 Å². The molecule has 0 spiro atoms. The van der Waals surface area contributed by atoms with Gasteiger partial charge in [0.15, 0.2) is 5.82 Å². The predicted octanol–water partition coefficient (Wildman–Crippen LogP) is 3.99. The van der Waals surface area contributed by atoms with E-state index in [4.69, 9.17) is 11.6 Å². The van der Waals surface area contributed by atoms with E-state index in [1.807, 2.05) is 18.2 Å². The van der Waals surface area contributed by atoms with Crippen LogP contribution in [0.5, 0.6) is 0 Å². The van der Waals surface area contributed by atoms with Gasteiger partial charge in [0.1, 0.15) is 5.52 Å². The van der Waals surface area contributed by atoms with E-state index in [-0.39, 0.29) is 5.28 Å². The molecule has 0 fully saturated rings. The number of nitrogens with one attached hydrogen (secondary N) is 1. The molecular weight excluding hydrogens is 284 g/mol. The SMILES string of the molecule is Clc1nc(Nc2ccc3c(c2)C=CC3)c2ncccc2n1. The van der Waals surface area contributed by atoms with Crippen molar-refractivity contribution >= 4 is 40.2 Å². The van der Waals surface area contributed by atoms with E-state index in [0.717, 1.165) is 17.6 Å². The van der Waals surface area contributed by atoms with Crippen LogP contribution < -0.4 is 5.32 Å². The Hall–Kier alpha value is -2.46. The summed E-state index contributed by atoms with van der Waals surface area (Å²) in [5, 5.41) is 3.49. The van der Waals surface area contributed by atoms with Crippen LogP contribution >= 0.6 is 11.6 Å². The average molecular weight is 295 g/mol. The first-order valence-corrected chi connectivity index (χ1v) is 7.02. The molecule has 1 aliphatic rings. The van der Waals surface area contributed by atoms with Crippen LogP contribution in [0.25, 0.3) is 17.1 Å². The second-order valence-electron chi connectivity index (χ2n) is 4.86. The number of pyridine rings is 1. The van der Waals surface area contributed by atoms with Crippen LogP contribution in [0.1, 0.15) is 11.1 Å². The maximum Gasteiger partial charge on any atom is 0.225 e. The van der Waals surface area contributed by atoms with Crippen molar-refractivity contribution in [3.05, 3.63) is 59.0 Å². The summed E-state index contributed by atoms with van der Waals surface area (Å²) in [6.07, 6.45) is 7.01. The summed E-state index contributed by atoms with van der Waals surface area (Å²) < 4.78 is 0. The van der Waals surface area contributed by atoms with Gasteiger partial charge >= 0.3 is 0 Å². The molecule has 5 heteroatoms. The first kappa shape index (κ1) is 12.3. The van der Waals surface area contributed by atoms with Crippen molar-refractivity contribution in [2.24, 2.45) is 0 Å². The van der Waals surface area contributed by atoms with Crippen molar-refractivity contribution in [1.29, 1.82) is 0 Å². The van der Waals surface area contributed by atoms with Crippen LogP contribution in [0.4, 0.5) is 11.5 Å². The molecule has 0 saturated heterocycles. The van der Waals surface area contributed by atoms with Gasteiger partial charge in [-0.2, -0.15) is 4.98 Å². The van der Waals surface area contributed by atoms with Crippen molar-refractivity contribution in [3.63, 3.8) is 0 Å². The van der Waals surface area contributed by atoms with Crippen LogP contribution in [0.15, 0.2) is 42.6 Å². The number of halogens is 1. The molecule has 3 aromatic rings. The van der Waals surface area contributed by atoms with Crippen LogP contribution in [-0.4, -0.2) is 15.0 Å². The number of hydrogen-bond donors (Lipinski definition) is 1. The van der Waals surface area contributed by atoms with E-state index in [9.17, 15) is 0 Å². The quantitative estimate of drug-likeness (QED) is 0.726. The maximum absolute atomic E-state index is 5.98. The Kier molecular flexibility index (Phi) is 2.82. The highest BCUT2D eigenvalue weighted by Crippen LogP contribution is 2.27. The number of rotatable bonds is 2. The lowest BCUT2D eigenvalue weighted by Crippen LogP contribution is -1.99. The number of aromatic nitrogens is 3. The molecular formula is C16H11ClN4. The molecule has 1 N–H and O–H groups in total. The first-order valence-electron chi connectivity index (χ1n) is 6.64. The Morgan fingerprint density at radius 2 is 2.10 bits per heavy atom. The van der Waals surface area contributed by atoms with E-state index in [1.54, 1.807) is 6.20 Å². The first-order chi connectivity index (χ1) is 10.3. The molecule has 0 unspecified atom stereocenters. The van der Waals surface area contributed by atoms with Crippen LogP contribution in [-0.2, 0) is 6.42 Å². The Balaban J connectivity index is 1.79. The number of benzene rings is 1. The monoisotopic (exact) mass is 294 g/mol. The minimum Gasteiger partial charge on any atom is -0.338 e. The molecule has 4 nitrogen and oxygen atoms in total. The summed E-state index contributed by atoms with van der Waals surface area (Å²) in [4.78, 5) is 12.8. The Bertz CT molecular complexity index is 873. The van der Waals surface area contributed by atoms with Crippen molar-refractivity contribution < 1.29 is 0 Å². The lowest BCUT2D eigenvalue weighted by Gasteiger charge is -2.09. The van der Waals surface area contributed by atoms with Gasteiger partial charge in [-0.05, 0) is 53.4 Å². The summed E-state index contributed by atoms with van der Waals surface area (Å²) >= 11 is 5.98. The lowest BCUT2D eigenvalue weighted by molar-refractivity contribution is 1.19. The molecule has 0 atom stereocenters. The van der Waals surface area contributed by atoms with Crippen LogP contribution in [0.3, 0.4) is 0 Å². The smallest absolute Gasteiger partial charge is 0.225 e. The van der Waals surface area contributed by atoms with E-state index < -0.39 is 0 Å². The third-order valence-corrected chi connectivity index (χ3v) is 3.64. The Morgan fingerprint density at radius 3 is 3.05 bits per heavy atom.